The number of alkyl halides is 6. The lowest BCUT2D eigenvalue weighted by Crippen LogP contribution is -2.08. The number of nitrogens with one attached hydrogen (secondary N) is 2. The summed E-state index contributed by atoms with van der Waals surface area (Å²) in [6, 6.07) is 18.7. The number of hydrogen-bond donors (Lipinski definition) is 2. The molecule has 2 aromatic heterocycles. The average Bonchev–Trinajstić information content (AvgIpc) is 3.30. The van der Waals surface area contributed by atoms with Crippen LogP contribution in [-0.4, -0.2) is 19.5 Å². The molecular formula is C27H20F6N6. The van der Waals surface area contributed by atoms with Crippen LogP contribution < -0.4 is 10.6 Å². The van der Waals surface area contributed by atoms with Gasteiger partial charge in [0.2, 0.25) is 5.95 Å². The van der Waals surface area contributed by atoms with Crippen LogP contribution in [0.4, 0.5) is 43.8 Å². The maximum Gasteiger partial charge on any atom is 0.416 e. The molecule has 2 heterocycles. The highest BCUT2D eigenvalue weighted by atomic mass is 19.4. The molecule has 39 heavy (non-hydrogen) atoms. The smallest absolute Gasteiger partial charge is 0.364 e. The van der Waals surface area contributed by atoms with Crippen molar-refractivity contribution < 1.29 is 26.3 Å². The van der Waals surface area contributed by atoms with Gasteiger partial charge in [-0.1, -0.05) is 42.5 Å². The van der Waals surface area contributed by atoms with Crippen molar-refractivity contribution in [3.63, 3.8) is 0 Å². The van der Waals surface area contributed by atoms with Crippen LogP contribution in [0.5, 0.6) is 0 Å². The van der Waals surface area contributed by atoms with E-state index in [4.69, 9.17) is 0 Å². The first-order valence-electron chi connectivity index (χ1n) is 11.7. The van der Waals surface area contributed by atoms with Crippen LogP contribution in [0, 0.1) is 0 Å². The number of imidazole rings is 1. The fourth-order valence-electron chi connectivity index (χ4n) is 3.89. The summed E-state index contributed by atoms with van der Waals surface area (Å²) in [5.74, 6) is 0.483. The average molecular weight is 542 g/mol. The minimum absolute atomic E-state index is 0.104. The van der Waals surface area contributed by atoms with E-state index in [-0.39, 0.29) is 12.5 Å². The predicted molar refractivity (Wildman–Crippen MR) is 134 cm³/mol. The van der Waals surface area contributed by atoms with E-state index >= 15 is 0 Å². The molecule has 0 atom stereocenters. The molecule has 6 nitrogen and oxygen atoms in total. The van der Waals surface area contributed by atoms with Crippen LogP contribution >= 0.6 is 0 Å². The van der Waals surface area contributed by atoms with E-state index in [1.165, 1.54) is 30.6 Å². The Hall–Kier alpha value is -4.61. The van der Waals surface area contributed by atoms with E-state index in [9.17, 15) is 26.3 Å². The Morgan fingerprint density at radius 1 is 0.692 bits per heavy atom. The summed E-state index contributed by atoms with van der Waals surface area (Å²) in [7, 11) is 0. The second-order valence-electron chi connectivity index (χ2n) is 8.67. The van der Waals surface area contributed by atoms with Gasteiger partial charge in [0.25, 0.3) is 0 Å². The molecule has 0 aliphatic rings. The molecule has 0 bridgehead atoms. The first kappa shape index (κ1) is 26.0. The standard InChI is InChI=1S/C27H20F6N6/c28-26(29,30)19-8-6-18(7-9-19)15-39-16-35-22-23(34-14-17-4-2-1-3-5-17)37-25(38-24(22)39)36-21-12-10-20(11-13-21)27(31,32)33/h1-13,16H,14-15H2,(H2,34,36,37,38). The van der Waals surface area contributed by atoms with Gasteiger partial charge >= 0.3 is 12.4 Å². The Kier molecular flexibility index (Phi) is 6.85. The molecule has 0 fully saturated rings. The Morgan fingerprint density at radius 2 is 1.31 bits per heavy atom. The van der Waals surface area contributed by atoms with Gasteiger partial charge in [-0.15, -0.1) is 0 Å². The van der Waals surface area contributed by atoms with Crippen LogP contribution in [0.1, 0.15) is 22.3 Å². The molecule has 5 aromatic rings. The fraction of sp³-hybridized carbons (Fsp3) is 0.148. The highest BCUT2D eigenvalue weighted by molar-refractivity contribution is 5.84. The third kappa shape index (κ3) is 6.11. The van der Waals surface area contributed by atoms with Crippen molar-refractivity contribution in [3.05, 3.63) is 107 Å². The van der Waals surface area contributed by atoms with E-state index in [0.29, 0.717) is 34.8 Å². The van der Waals surface area contributed by atoms with Crippen LogP contribution in [0.2, 0.25) is 0 Å². The van der Waals surface area contributed by atoms with Gasteiger partial charge < -0.3 is 15.2 Å². The topological polar surface area (TPSA) is 67.7 Å². The second kappa shape index (κ2) is 10.3. The molecule has 0 saturated carbocycles. The largest absolute Gasteiger partial charge is 0.416 e. The van der Waals surface area contributed by atoms with Gasteiger partial charge in [0, 0.05) is 12.2 Å². The summed E-state index contributed by atoms with van der Waals surface area (Å²) in [6.45, 7) is 0.599. The van der Waals surface area contributed by atoms with E-state index in [1.807, 2.05) is 30.3 Å². The zero-order valence-electron chi connectivity index (χ0n) is 20.1. The van der Waals surface area contributed by atoms with Crippen LogP contribution in [0.15, 0.2) is 85.2 Å². The van der Waals surface area contributed by atoms with Crippen LogP contribution in [0.3, 0.4) is 0 Å². The van der Waals surface area contributed by atoms with Gasteiger partial charge in [-0.2, -0.15) is 36.3 Å². The summed E-state index contributed by atoms with van der Waals surface area (Å²) in [4.78, 5) is 13.4. The summed E-state index contributed by atoms with van der Waals surface area (Å²) in [5.41, 5.74) is 1.18. The molecule has 200 valence electrons. The lowest BCUT2D eigenvalue weighted by molar-refractivity contribution is -0.138. The minimum atomic E-state index is -4.47. The molecule has 0 spiro atoms. The van der Waals surface area contributed by atoms with Crippen molar-refractivity contribution in [1.29, 1.82) is 0 Å². The molecule has 0 radical (unpaired) electrons. The zero-order valence-corrected chi connectivity index (χ0v) is 20.1. The van der Waals surface area contributed by atoms with Crippen molar-refractivity contribution in [1.82, 2.24) is 19.5 Å². The zero-order chi connectivity index (χ0) is 27.6. The maximum atomic E-state index is 12.9. The number of benzene rings is 3. The highest BCUT2D eigenvalue weighted by Crippen LogP contribution is 2.31. The van der Waals surface area contributed by atoms with Gasteiger partial charge in [0.05, 0.1) is 24.0 Å². The van der Waals surface area contributed by atoms with Crippen molar-refractivity contribution >= 4 is 28.6 Å². The van der Waals surface area contributed by atoms with E-state index < -0.39 is 23.5 Å². The lowest BCUT2D eigenvalue weighted by atomic mass is 10.1. The summed E-state index contributed by atoms with van der Waals surface area (Å²) in [6.07, 6.45) is -7.40. The summed E-state index contributed by atoms with van der Waals surface area (Å²) < 4.78 is 79.3. The van der Waals surface area contributed by atoms with Crippen molar-refractivity contribution in [3.8, 4) is 0 Å². The minimum Gasteiger partial charge on any atom is -0.364 e. The third-order valence-electron chi connectivity index (χ3n) is 5.87. The van der Waals surface area contributed by atoms with Gasteiger partial charge in [-0.3, -0.25) is 0 Å². The maximum absolute atomic E-state index is 12.9. The van der Waals surface area contributed by atoms with Crippen molar-refractivity contribution in [2.45, 2.75) is 25.4 Å². The molecule has 0 unspecified atom stereocenters. The van der Waals surface area contributed by atoms with Gasteiger partial charge in [-0.25, -0.2) is 4.98 Å². The van der Waals surface area contributed by atoms with Crippen LogP contribution in [-0.2, 0) is 25.4 Å². The highest BCUT2D eigenvalue weighted by Gasteiger charge is 2.30. The Labute approximate surface area is 218 Å². The first-order chi connectivity index (χ1) is 18.6. The monoisotopic (exact) mass is 542 g/mol. The predicted octanol–water partition coefficient (Wildman–Crippen LogP) is 7.27. The molecule has 0 saturated heterocycles. The van der Waals surface area contributed by atoms with E-state index in [0.717, 1.165) is 29.8 Å². The third-order valence-corrected chi connectivity index (χ3v) is 5.87. The molecule has 0 aliphatic carbocycles. The van der Waals surface area contributed by atoms with Gasteiger partial charge in [0.15, 0.2) is 17.0 Å². The molecular weight excluding hydrogens is 522 g/mol. The van der Waals surface area contributed by atoms with Crippen LogP contribution in [0.25, 0.3) is 11.2 Å². The Balaban J connectivity index is 1.47. The summed E-state index contributed by atoms with van der Waals surface area (Å²) >= 11 is 0. The van der Waals surface area contributed by atoms with E-state index in [2.05, 4.69) is 25.6 Å². The van der Waals surface area contributed by atoms with Crippen molar-refractivity contribution in [2.75, 3.05) is 10.6 Å². The number of hydrogen-bond acceptors (Lipinski definition) is 5. The van der Waals surface area contributed by atoms with E-state index in [1.54, 1.807) is 4.57 Å². The Bertz CT molecular complexity index is 1560. The SMILES string of the molecule is FC(F)(F)c1ccc(Cn2cnc3c(NCc4ccccc4)nc(Nc4ccc(C(F)(F)F)cc4)nc32)cc1. The summed E-state index contributed by atoms with van der Waals surface area (Å²) in [5, 5.41) is 6.14. The van der Waals surface area contributed by atoms with Gasteiger partial charge in [-0.05, 0) is 47.5 Å². The molecule has 0 amide bonds. The lowest BCUT2D eigenvalue weighted by Gasteiger charge is -2.12. The quantitative estimate of drug-likeness (QED) is 0.212. The normalized spacial score (nSPS) is 12.1. The first-order valence-corrected chi connectivity index (χ1v) is 11.7. The second-order valence-corrected chi connectivity index (χ2v) is 8.67. The molecule has 3 aromatic carbocycles. The number of fused-ring (bicyclic) bond motifs is 1. The molecule has 0 aliphatic heterocycles. The number of anilines is 3. The van der Waals surface area contributed by atoms with Crippen molar-refractivity contribution in [2.24, 2.45) is 0 Å². The molecule has 12 heteroatoms. The number of rotatable bonds is 7. The number of halogens is 6. The number of nitrogens with zero attached hydrogens (tertiary/aromatic N) is 4. The molecule has 5 rings (SSSR count). The van der Waals surface area contributed by atoms with Gasteiger partial charge in [0.1, 0.15) is 0 Å². The fourth-order valence-corrected chi connectivity index (χ4v) is 3.89. The Morgan fingerprint density at radius 3 is 1.92 bits per heavy atom. The number of aromatic nitrogens is 4. The molecule has 2 N–H and O–H groups in total.